The molecule has 4 aromatic rings. The van der Waals surface area contributed by atoms with Gasteiger partial charge in [-0.25, -0.2) is 14.4 Å². The van der Waals surface area contributed by atoms with Gasteiger partial charge in [0, 0.05) is 17.7 Å². The number of carbonyl (C=O) groups excluding carboxylic acids is 1. The molecule has 1 atom stereocenters. The molecule has 2 aromatic carbocycles. The molecule has 0 bridgehead atoms. The molecule has 12 heteroatoms. The Labute approximate surface area is 189 Å². The monoisotopic (exact) mass is 472 g/mol. The Morgan fingerprint density at radius 3 is 2.56 bits per heavy atom. The van der Waals surface area contributed by atoms with E-state index in [4.69, 9.17) is 5.26 Å². The summed E-state index contributed by atoms with van der Waals surface area (Å²) in [5.41, 5.74) is -3.77. The first kappa shape index (κ1) is 22.9. The Balaban J connectivity index is 1.83. The topological polar surface area (TPSA) is 120 Å². The van der Waals surface area contributed by atoms with Gasteiger partial charge in [0.15, 0.2) is 17.3 Å². The second kappa shape index (κ2) is 8.27. The van der Waals surface area contributed by atoms with Crippen molar-refractivity contribution in [3.8, 4) is 6.07 Å². The summed E-state index contributed by atoms with van der Waals surface area (Å²) in [4.78, 5) is 23.1. The van der Waals surface area contributed by atoms with Crippen molar-refractivity contribution < 1.29 is 27.5 Å². The van der Waals surface area contributed by atoms with Gasteiger partial charge in [-0.05, 0) is 37.3 Å². The van der Waals surface area contributed by atoms with Gasteiger partial charge in [0.25, 0.3) is 5.91 Å². The van der Waals surface area contributed by atoms with Crippen LogP contribution in [0.5, 0.6) is 0 Å². The van der Waals surface area contributed by atoms with Gasteiger partial charge in [-0.3, -0.25) is 4.79 Å². The number of fused-ring (bicyclic) bond motifs is 1. The zero-order chi connectivity index (χ0) is 24.7. The summed E-state index contributed by atoms with van der Waals surface area (Å²) in [6.07, 6.45) is -3.96. The van der Waals surface area contributed by atoms with Crippen LogP contribution in [-0.2, 0) is 12.1 Å². The normalized spacial score (nSPS) is 13.4. The summed E-state index contributed by atoms with van der Waals surface area (Å²) >= 11 is 0. The van der Waals surface area contributed by atoms with Crippen LogP contribution in [0.2, 0.25) is 0 Å². The third kappa shape index (κ3) is 3.65. The number of halogens is 4. The zero-order valence-electron chi connectivity index (χ0n) is 17.5. The van der Waals surface area contributed by atoms with Gasteiger partial charge < -0.3 is 20.0 Å². The molecule has 0 aliphatic rings. The second-order valence-electron chi connectivity index (χ2n) is 7.29. The highest BCUT2D eigenvalue weighted by Gasteiger charge is 2.59. The number of nitriles is 1. The number of imidazole rings is 2. The minimum atomic E-state index is -5.19. The number of H-pyrrole nitrogens is 1. The summed E-state index contributed by atoms with van der Waals surface area (Å²) < 4.78 is 57.1. The first-order valence-electron chi connectivity index (χ1n) is 9.90. The van der Waals surface area contributed by atoms with Crippen molar-refractivity contribution in [3.05, 3.63) is 77.3 Å². The highest BCUT2D eigenvalue weighted by Crippen LogP contribution is 2.44. The van der Waals surface area contributed by atoms with E-state index in [9.17, 15) is 27.5 Å². The lowest BCUT2D eigenvalue weighted by Crippen LogP contribution is -2.45. The molecule has 1 amide bonds. The molecule has 0 spiro atoms. The maximum atomic E-state index is 14.2. The number of hydrogen-bond donors (Lipinski definition) is 3. The van der Waals surface area contributed by atoms with E-state index < -0.39 is 34.9 Å². The van der Waals surface area contributed by atoms with Crippen molar-refractivity contribution >= 4 is 22.8 Å². The number of aromatic amines is 1. The molecule has 0 aliphatic carbocycles. The Kier molecular flexibility index (Phi) is 5.58. The van der Waals surface area contributed by atoms with E-state index in [0.717, 1.165) is 28.8 Å². The summed E-state index contributed by atoms with van der Waals surface area (Å²) in [7, 11) is 0. The van der Waals surface area contributed by atoms with Gasteiger partial charge in [0.1, 0.15) is 11.9 Å². The number of alkyl halides is 3. The van der Waals surface area contributed by atoms with Crippen LogP contribution in [0.1, 0.15) is 34.4 Å². The van der Waals surface area contributed by atoms with E-state index in [1.54, 1.807) is 6.92 Å². The molecular weight excluding hydrogens is 456 g/mol. The van der Waals surface area contributed by atoms with Crippen molar-refractivity contribution in [2.24, 2.45) is 0 Å². The van der Waals surface area contributed by atoms with Crippen LogP contribution in [-0.4, -0.2) is 36.7 Å². The molecule has 0 saturated heterocycles. The SMILES string of the molecule is CCn1c(C(O)(c2ccc(F)cc2)C(F)(F)F)nc2ccc(C(=O)Nc3nc[nH]c3C#N)cc21. The van der Waals surface area contributed by atoms with Crippen LogP contribution in [0.25, 0.3) is 11.0 Å². The van der Waals surface area contributed by atoms with Crippen LogP contribution in [0, 0.1) is 17.1 Å². The average Bonchev–Trinajstić information content (AvgIpc) is 3.41. The Morgan fingerprint density at radius 2 is 1.94 bits per heavy atom. The number of hydrogen-bond acceptors (Lipinski definition) is 5. The van der Waals surface area contributed by atoms with Crippen molar-refractivity contribution in [2.45, 2.75) is 25.2 Å². The molecule has 3 N–H and O–H groups in total. The number of aliphatic hydroxyl groups is 1. The molecule has 0 aliphatic heterocycles. The van der Waals surface area contributed by atoms with E-state index in [0.29, 0.717) is 0 Å². The highest BCUT2D eigenvalue weighted by molar-refractivity contribution is 6.06. The standard InChI is InChI=1S/C22H16F4N6O2/c1-2-32-17-9-12(19(33)31-18-16(10-27)28-11-29-18)3-8-15(17)30-20(32)21(34,22(24,25)26)13-4-6-14(23)7-5-13/h3-9,11,34H,2H2,1H3,(H,28,29)(H,31,33). The summed E-state index contributed by atoms with van der Waals surface area (Å²) in [6, 6.07) is 9.17. The van der Waals surface area contributed by atoms with Gasteiger partial charge in [-0.2, -0.15) is 18.4 Å². The molecule has 174 valence electrons. The van der Waals surface area contributed by atoms with Gasteiger partial charge in [-0.1, -0.05) is 12.1 Å². The van der Waals surface area contributed by atoms with E-state index in [1.165, 1.54) is 24.5 Å². The fourth-order valence-electron chi connectivity index (χ4n) is 3.62. The smallest absolute Gasteiger partial charge is 0.370 e. The van der Waals surface area contributed by atoms with Crippen LogP contribution in [0.3, 0.4) is 0 Å². The summed E-state index contributed by atoms with van der Waals surface area (Å²) in [6.45, 7) is 1.54. The van der Waals surface area contributed by atoms with Gasteiger partial charge in [-0.15, -0.1) is 0 Å². The van der Waals surface area contributed by atoms with Crippen LogP contribution < -0.4 is 5.32 Å². The Bertz CT molecular complexity index is 1420. The highest BCUT2D eigenvalue weighted by atomic mass is 19.4. The number of nitrogens with one attached hydrogen (secondary N) is 2. The predicted molar refractivity (Wildman–Crippen MR) is 112 cm³/mol. The Morgan fingerprint density at radius 1 is 1.24 bits per heavy atom. The van der Waals surface area contributed by atoms with Crippen molar-refractivity contribution in [3.63, 3.8) is 0 Å². The molecule has 0 saturated carbocycles. The van der Waals surface area contributed by atoms with E-state index in [-0.39, 0.29) is 34.7 Å². The zero-order valence-corrected chi connectivity index (χ0v) is 17.5. The minimum absolute atomic E-state index is 0.0000384. The third-order valence-electron chi connectivity index (χ3n) is 5.31. The van der Waals surface area contributed by atoms with Crippen molar-refractivity contribution in [2.75, 3.05) is 5.32 Å². The fourth-order valence-corrected chi connectivity index (χ4v) is 3.62. The van der Waals surface area contributed by atoms with Gasteiger partial charge >= 0.3 is 6.18 Å². The largest absolute Gasteiger partial charge is 0.428 e. The first-order valence-corrected chi connectivity index (χ1v) is 9.90. The lowest BCUT2D eigenvalue weighted by Gasteiger charge is -2.30. The fraction of sp³-hybridized carbons (Fsp3) is 0.182. The lowest BCUT2D eigenvalue weighted by atomic mass is 9.92. The van der Waals surface area contributed by atoms with Crippen LogP contribution in [0.4, 0.5) is 23.4 Å². The van der Waals surface area contributed by atoms with Gasteiger partial charge in [0.2, 0.25) is 5.60 Å². The molecule has 8 nitrogen and oxygen atoms in total. The van der Waals surface area contributed by atoms with Crippen molar-refractivity contribution in [1.29, 1.82) is 5.26 Å². The number of rotatable bonds is 5. The summed E-state index contributed by atoms with van der Waals surface area (Å²) in [5, 5.41) is 22.4. The molecule has 2 heterocycles. The molecule has 34 heavy (non-hydrogen) atoms. The van der Waals surface area contributed by atoms with Gasteiger partial charge in [0.05, 0.1) is 17.4 Å². The Hall–Kier alpha value is -4.24. The second-order valence-corrected chi connectivity index (χ2v) is 7.29. The number of nitrogens with zero attached hydrogens (tertiary/aromatic N) is 4. The molecule has 1 unspecified atom stereocenters. The molecular formula is C22H16F4N6O2. The number of anilines is 1. The number of aromatic nitrogens is 4. The molecule has 0 radical (unpaired) electrons. The number of carbonyl (C=O) groups is 1. The van der Waals surface area contributed by atoms with Crippen LogP contribution in [0.15, 0.2) is 48.8 Å². The van der Waals surface area contributed by atoms with E-state index >= 15 is 0 Å². The lowest BCUT2D eigenvalue weighted by molar-refractivity contribution is -0.252. The number of aryl methyl sites for hydroxylation is 1. The molecule has 0 fully saturated rings. The van der Waals surface area contributed by atoms with Crippen LogP contribution >= 0.6 is 0 Å². The molecule has 4 rings (SSSR count). The molecule has 2 aromatic heterocycles. The number of amides is 1. The maximum absolute atomic E-state index is 14.2. The van der Waals surface area contributed by atoms with E-state index in [2.05, 4.69) is 20.3 Å². The number of benzene rings is 2. The maximum Gasteiger partial charge on any atom is 0.428 e. The van der Waals surface area contributed by atoms with E-state index in [1.807, 2.05) is 6.07 Å². The average molecular weight is 472 g/mol. The third-order valence-corrected chi connectivity index (χ3v) is 5.31. The van der Waals surface area contributed by atoms with Crippen molar-refractivity contribution in [1.82, 2.24) is 19.5 Å². The summed E-state index contributed by atoms with van der Waals surface area (Å²) in [5.74, 6) is -2.13. The minimum Gasteiger partial charge on any atom is -0.370 e. The predicted octanol–water partition coefficient (Wildman–Crippen LogP) is 3.84. The first-order chi connectivity index (χ1) is 16.1. The quantitative estimate of drug-likeness (QED) is 0.381.